The average molecular weight is 869 g/mol. The monoisotopic (exact) mass is 868 g/mol. The maximum atomic E-state index is 2.55. The first-order valence-corrected chi connectivity index (χ1v) is 27.0. The van der Waals surface area contributed by atoms with Crippen LogP contribution in [0.3, 0.4) is 0 Å². The minimum Gasteiger partial charge on any atom is -0.307 e. The average Bonchev–Trinajstić information content (AvgIpc) is 4.18. The fourth-order valence-corrected chi connectivity index (χ4v) is 17.2. The predicted molar refractivity (Wildman–Crippen MR) is 271 cm³/mol. The maximum absolute atomic E-state index is 2.55. The molecule has 7 heterocycles. The van der Waals surface area contributed by atoms with Gasteiger partial charge in [0.05, 0.1) is 40.9 Å². The van der Waals surface area contributed by atoms with Crippen molar-refractivity contribution >= 4 is 105 Å². The summed E-state index contributed by atoms with van der Waals surface area (Å²) >= 11 is 7.58. The van der Waals surface area contributed by atoms with Crippen molar-refractivity contribution in [1.82, 2.24) is 9.13 Å². The van der Waals surface area contributed by atoms with Gasteiger partial charge in [-0.05, 0) is 114 Å². The molecule has 0 saturated carbocycles. The number of benzene rings is 6. The van der Waals surface area contributed by atoms with Crippen molar-refractivity contribution in [2.24, 2.45) is 0 Å². The van der Waals surface area contributed by atoms with Crippen LogP contribution in [0.4, 0.5) is 0 Å². The standard InChI is InChI=1S/C54H36N2S4Si/c1-61(2)49-29-37(47-31-45-53(59-47)51-43(25-27-57-51)55(45)39-19-13-35(14-20-39)33-9-5-3-6-10-33)17-23-41(49)42-24-18-38(30-50(42)61)48-32-46-54(60-48)52-44(26-28-58-52)56(46)40-21-15-36(16-22-40)34-11-7-4-8-12-34/h3-32H,1-2H3. The SMILES string of the molecule is C[Si]1(C)c2cc(-c3cc4c(s3)c3sccc3n4-c3ccc(-c4ccccc4)cc3)ccc2-c2ccc(-c3cc4c(s3)c3sccc3n4-c3ccc(-c4ccccc4)cc3)cc21. The zero-order valence-corrected chi connectivity index (χ0v) is 37.6. The lowest BCUT2D eigenvalue weighted by Gasteiger charge is -2.20. The molecule has 0 atom stereocenters. The van der Waals surface area contributed by atoms with E-state index in [0.29, 0.717) is 0 Å². The fraction of sp³-hybridized carbons (Fsp3) is 0.0370. The van der Waals surface area contributed by atoms with Crippen molar-refractivity contribution in [3.8, 4) is 65.6 Å². The number of thiophene rings is 4. The summed E-state index contributed by atoms with van der Waals surface area (Å²) < 4.78 is 10.4. The Hall–Kier alpha value is -6.06. The molecule has 1 aliphatic rings. The molecule has 290 valence electrons. The summed E-state index contributed by atoms with van der Waals surface area (Å²) in [7, 11) is -2.01. The van der Waals surface area contributed by atoms with Crippen LogP contribution in [0, 0.1) is 0 Å². The number of aromatic nitrogens is 2. The molecule has 6 aromatic heterocycles. The van der Waals surface area contributed by atoms with E-state index in [-0.39, 0.29) is 0 Å². The van der Waals surface area contributed by atoms with Crippen LogP contribution in [0.5, 0.6) is 0 Å². The predicted octanol–water partition coefficient (Wildman–Crippen LogP) is 15.6. The van der Waals surface area contributed by atoms with E-state index in [2.05, 4.69) is 203 Å². The highest BCUT2D eigenvalue weighted by molar-refractivity contribution is 7.29. The molecule has 7 heteroatoms. The van der Waals surface area contributed by atoms with Gasteiger partial charge in [0, 0.05) is 21.1 Å². The summed E-state index contributed by atoms with van der Waals surface area (Å²) in [6.45, 7) is 5.09. The van der Waals surface area contributed by atoms with Gasteiger partial charge in [-0.2, -0.15) is 0 Å². The van der Waals surface area contributed by atoms with Crippen LogP contribution in [0.15, 0.2) is 181 Å². The topological polar surface area (TPSA) is 9.86 Å². The molecule has 12 aromatic rings. The molecule has 6 aromatic carbocycles. The van der Waals surface area contributed by atoms with E-state index in [4.69, 9.17) is 0 Å². The summed E-state index contributed by atoms with van der Waals surface area (Å²) in [5.74, 6) is 0. The molecular weight excluding hydrogens is 833 g/mol. The summed E-state index contributed by atoms with van der Waals surface area (Å²) in [6, 6.07) is 63.4. The number of fused-ring (bicyclic) bond motifs is 9. The lowest BCUT2D eigenvalue weighted by atomic mass is 10.0. The van der Waals surface area contributed by atoms with Gasteiger partial charge in [0.15, 0.2) is 0 Å². The third-order valence-electron chi connectivity index (χ3n) is 12.8. The highest BCUT2D eigenvalue weighted by atomic mass is 32.1. The summed E-state index contributed by atoms with van der Waals surface area (Å²) in [6.07, 6.45) is 0. The van der Waals surface area contributed by atoms with Gasteiger partial charge in [0.25, 0.3) is 0 Å². The molecular formula is C54H36N2S4Si. The molecule has 0 unspecified atom stereocenters. The smallest absolute Gasteiger partial charge is 0.113 e. The van der Waals surface area contributed by atoms with Crippen molar-refractivity contribution < 1.29 is 0 Å². The zero-order valence-electron chi connectivity index (χ0n) is 33.3. The van der Waals surface area contributed by atoms with E-state index in [1.165, 1.54) is 117 Å². The Morgan fingerprint density at radius 2 is 0.754 bits per heavy atom. The molecule has 0 amide bonds. The normalized spacial score (nSPS) is 13.2. The number of hydrogen-bond acceptors (Lipinski definition) is 4. The second-order valence-corrected chi connectivity index (χ2v) is 24.8. The minimum atomic E-state index is -2.01. The molecule has 0 bridgehead atoms. The van der Waals surface area contributed by atoms with Crippen LogP contribution in [0.2, 0.25) is 13.1 Å². The molecule has 1 aliphatic heterocycles. The second kappa shape index (κ2) is 13.5. The third-order valence-corrected chi connectivity index (χ3v) is 20.8. The Balaban J connectivity index is 0.850. The molecule has 2 nitrogen and oxygen atoms in total. The quantitative estimate of drug-likeness (QED) is 0.147. The van der Waals surface area contributed by atoms with Crippen molar-refractivity contribution in [3.63, 3.8) is 0 Å². The molecule has 0 spiro atoms. The minimum absolute atomic E-state index is 1.20. The molecule has 0 saturated heterocycles. The van der Waals surface area contributed by atoms with Gasteiger partial charge in [0.2, 0.25) is 0 Å². The van der Waals surface area contributed by atoms with Gasteiger partial charge >= 0.3 is 0 Å². The van der Waals surface area contributed by atoms with E-state index in [1.807, 2.05) is 45.3 Å². The van der Waals surface area contributed by atoms with E-state index >= 15 is 0 Å². The number of rotatable bonds is 6. The molecule has 0 N–H and O–H groups in total. The molecule has 0 fully saturated rings. The van der Waals surface area contributed by atoms with Crippen LogP contribution in [-0.2, 0) is 0 Å². The van der Waals surface area contributed by atoms with E-state index < -0.39 is 8.07 Å². The second-order valence-electron chi connectivity index (χ2n) is 16.6. The van der Waals surface area contributed by atoms with Crippen LogP contribution in [-0.4, -0.2) is 17.2 Å². The van der Waals surface area contributed by atoms with Gasteiger partial charge in [-0.3, -0.25) is 0 Å². The molecule has 61 heavy (non-hydrogen) atoms. The highest BCUT2D eigenvalue weighted by Crippen LogP contribution is 2.46. The van der Waals surface area contributed by atoms with Crippen LogP contribution < -0.4 is 10.4 Å². The van der Waals surface area contributed by atoms with Crippen LogP contribution in [0.25, 0.3) is 107 Å². The maximum Gasteiger partial charge on any atom is 0.113 e. The summed E-state index contributed by atoms with van der Waals surface area (Å²) in [4.78, 5) is 2.67. The Labute approximate surface area is 370 Å². The zero-order chi connectivity index (χ0) is 40.4. The third kappa shape index (κ3) is 5.41. The van der Waals surface area contributed by atoms with Crippen molar-refractivity contribution in [1.29, 1.82) is 0 Å². The van der Waals surface area contributed by atoms with Gasteiger partial charge in [0.1, 0.15) is 8.07 Å². The fourth-order valence-electron chi connectivity index (χ4n) is 9.73. The number of hydrogen-bond donors (Lipinski definition) is 0. The van der Waals surface area contributed by atoms with Crippen LogP contribution >= 0.6 is 45.3 Å². The van der Waals surface area contributed by atoms with Gasteiger partial charge in [-0.25, -0.2) is 0 Å². The summed E-state index contributed by atoms with van der Waals surface area (Å²) in [5, 5.41) is 7.55. The Bertz CT molecular complexity index is 3410. The Morgan fingerprint density at radius 1 is 0.361 bits per heavy atom. The lowest BCUT2D eigenvalue weighted by molar-refractivity contribution is 1.19. The van der Waals surface area contributed by atoms with Crippen LogP contribution in [0.1, 0.15) is 0 Å². The largest absolute Gasteiger partial charge is 0.307 e. The van der Waals surface area contributed by atoms with Crippen molar-refractivity contribution in [3.05, 3.63) is 181 Å². The summed E-state index contributed by atoms with van der Waals surface area (Å²) in [5.41, 5.74) is 18.0. The van der Waals surface area contributed by atoms with E-state index in [9.17, 15) is 0 Å². The first kappa shape index (κ1) is 35.7. The first-order chi connectivity index (χ1) is 30.0. The van der Waals surface area contributed by atoms with Crippen molar-refractivity contribution in [2.75, 3.05) is 0 Å². The molecule has 13 rings (SSSR count). The Kier molecular flexibility index (Phi) is 7.88. The number of nitrogens with zero attached hydrogens (tertiary/aromatic N) is 2. The lowest BCUT2D eigenvalue weighted by Crippen LogP contribution is -2.49. The van der Waals surface area contributed by atoms with E-state index in [1.54, 1.807) is 0 Å². The van der Waals surface area contributed by atoms with Crippen molar-refractivity contribution in [2.45, 2.75) is 13.1 Å². The van der Waals surface area contributed by atoms with Gasteiger partial charge < -0.3 is 9.13 Å². The molecule has 0 aliphatic carbocycles. The molecule has 0 radical (unpaired) electrons. The first-order valence-electron chi connectivity index (χ1n) is 20.6. The Morgan fingerprint density at radius 3 is 1.18 bits per heavy atom. The van der Waals surface area contributed by atoms with E-state index in [0.717, 1.165) is 0 Å². The van der Waals surface area contributed by atoms with Gasteiger partial charge in [-0.15, -0.1) is 45.3 Å². The highest BCUT2D eigenvalue weighted by Gasteiger charge is 2.38. The van der Waals surface area contributed by atoms with Gasteiger partial charge in [-0.1, -0.05) is 134 Å².